The summed E-state index contributed by atoms with van der Waals surface area (Å²) < 4.78 is 1.95. The molecule has 0 bridgehead atoms. The van der Waals surface area contributed by atoms with E-state index in [1.807, 2.05) is 60.1 Å². The molecule has 0 fully saturated rings. The average molecular weight is 323 g/mol. The van der Waals surface area contributed by atoms with Crippen LogP contribution in [0.2, 0.25) is 0 Å². The van der Waals surface area contributed by atoms with Crippen LogP contribution in [0.3, 0.4) is 0 Å². The van der Waals surface area contributed by atoms with Crippen molar-refractivity contribution in [1.82, 2.24) is 30.2 Å². The molecule has 0 aromatic carbocycles. The molecule has 2 N–H and O–H groups in total. The van der Waals surface area contributed by atoms with Gasteiger partial charge < -0.3 is 10.6 Å². The SMILES string of the molecule is CCNC(=NCc1nnc2ccccn12)NCCc1ccccn1. The summed E-state index contributed by atoms with van der Waals surface area (Å²) in [5, 5.41) is 14.9. The van der Waals surface area contributed by atoms with Gasteiger partial charge in [-0.2, -0.15) is 0 Å². The Hall–Kier alpha value is -2.96. The molecule has 0 spiro atoms. The second-order valence-corrected chi connectivity index (χ2v) is 5.24. The van der Waals surface area contributed by atoms with Gasteiger partial charge in [-0.1, -0.05) is 12.1 Å². The van der Waals surface area contributed by atoms with Gasteiger partial charge in [-0.05, 0) is 31.2 Å². The number of nitrogens with zero attached hydrogens (tertiary/aromatic N) is 5. The van der Waals surface area contributed by atoms with Gasteiger partial charge in [0.15, 0.2) is 17.4 Å². The van der Waals surface area contributed by atoms with Crippen LogP contribution in [0.5, 0.6) is 0 Å². The van der Waals surface area contributed by atoms with Gasteiger partial charge in [-0.15, -0.1) is 10.2 Å². The summed E-state index contributed by atoms with van der Waals surface area (Å²) in [6.45, 7) is 4.08. The largest absolute Gasteiger partial charge is 0.357 e. The number of aromatic nitrogens is 4. The highest BCUT2D eigenvalue weighted by Gasteiger charge is 2.04. The lowest BCUT2D eigenvalue weighted by Gasteiger charge is -2.10. The van der Waals surface area contributed by atoms with Crippen LogP contribution >= 0.6 is 0 Å². The number of pyridine rings is 2. The average Bonchev–Trinajstić information content (AvgIpc) is 3.04. The molecule has 0 radical (unpaired) electrons. The first kappa shape index (κ1) is 15.9. The zero-order valence-electron chi connectivity index (χ0n) is 13.7. The predicted molar refractivity (Wildman–Crippen MR) is 93.7 cm³/mol. The lowest BCUT2D eigenvalue weighted by molar-refractivity contribution is 0.779. The lowest BCUT2D eigenvalue weighted by atomic mass is 10.3. The minimum Gasteiger partial charge on any atom is -0.357 e. The van der Waals surface area contributed by atoms with Gasteiger partial charge in [0.2, 0.25) is 0 Å². The molecular formula is C17H21N7. The second-order valence-electron chi connectivity index (χ2n) is 5.24. The first-order valence-electron chi connectivity index (χ1n) is 8.07. The van der Waals surface area contributed by atoms with Crippen molar-refractivity contribution in [3.63, 3.8) is 0 Å². The molecule has 0 aliphatic heterocycles. The molecule has 0 aliphatic carbocycles. The van der Waals surface area contributed by atoms with E-state index < -0.39 is 0 Å². The molecule has 7 nitrogen and oxygen atoms in total. The molecule has 7 heteroatoms. The van der Waals surface area contributed by atoms with Gasteiger partial charge in [-0.25, -0.2) is 4.99 Å². The summed E-state index contributed by atoms with van der Waals surface area (Å²) in [4.78, 5) is 8.91. The summed E-state index contributed by atoms with van der Waals surface area (Å²) in [6, 6.07) is 11.8. The van der Waals surface area contributed by atoms with Gasteiger partial charge in [0.1, 0.15) is 6.54 Å². The Morgan fingerprint density at radius 1 is 1.12 bits per heavy atom. The number of nitrogens with one attached hydrogen (secondary N) is 2. The maximum Gasteiger partial charge on any atom is 0.191 e. The molecule has 0 saturated heterocycles. The van der Waals surface area contributed by atoms with Gasteiger partial charge in [-0.3, -0.25) is 9.38 Å². The fourth-order valence-electron chi connectivity index (χ4n) is 2.35. The monoisotopic (exact) mass is 323 g/mol. The van der Waals surface area contributed by atoms with Gasteiger partial charge in [0.05, 0.1) is 0 Å². The third-order valence-corrected chi connectivity index (χ3v) is 3.51. The highest BCUT2D eigenvalue weighted by atomic mass is 15.3. The summed E-state index contributed by atoms with van der Waals surface area (Å²) >= 11 is 0. The quantitative estimate of drug-likeness (QED) is 0.530. The zero-order valence-corrected chi connectivity index (χ0v) is 13.7. The van der Waals surface area contributed by atoms with Crippen molar-refractivity contribution in [2.45, 2.75) is 19.9 Å². The van der Waals surface area contributed by atoms with E-state index in [9.17, 15) is 0 Å². The first-order chi connectivity index (χ1) is 11.9. The first-order valence-corrected chi connectivity index (χ1v) is 8.07. The molecule has 0 saturated carbocycles. The summed E-state index contributed by atoms with van der Waals surface area (Å²) in [7, 11) is 0. The van der Waals surface area contributed by atoms with E-state index >= 15 is 0 Å². The smallest absolute Gasteiger partial charge is 0.191 e. The molecule has 3 heterocycles. The van der Waals surface area contributed by atoms with Gasteiger partial charge in [0, 0.05) is 37.6 Å². The number of hydrogen-bond acceptors (Lipinski definition) is 4. The van der Waals surface area contributed by atoms with E-state index in [0.717, 1.165) is 42.6 Å². The van der Waals surface area contributed by atoms with Gasteiger partial charge in [0.25, 0.3) is 0 Å². The number of aliphatic imine (C=N–C) groups is 1. The summed E-state index contributed by atoms with van der Waals surface area (Å²) in [5.74, 6) is 1.58. The van der Waals surface area contributed by atoms with Crippen molar-refractivity contribution in [1.29, 1.82) is 0 Å². The zero-order chi connectivity index (χ0) is 16.6. The van der Waals surface area contributed by atoms with E-state index in [-0.39, 0.29) is 0 Å². The Labute approximate surface area is 140 Å². The highest BCUT2D eigenvalue weighted by molar-refractivity contribution is 5.79. The molecule has 3 aromatic heterocycles. The number of guanidine groups is 1. The van der Waals surface area contributed by atoms with E-state index in [1.54, 1.807) is 0 Å². The van der Waals surface area contributed by atoms with Crippen molar-refractivity contribution in [2.24, 2.45) is 4.99 Å². The minimum atomic E-state index is 0.462. The third kappa shape index (κ3) is 4.07. The number of rotatable bonds is 6. The molecule has 3 rings (SSSR count). The molecule has 0 aliphatic rings. The van der Waals surface area contributed by atoms with Crippen molar-refractivity contribution in [2.75, 3.05) is 13.1 Å². The van der Waals surface area contributed by atoms with Gasteiger partial charge >= 0.3 is 0 Å². The van der Waals surface area contributed by atoms with E-state index in [4.69, 9.17) is 0 Å². The van der Waals surface area contributed by atoms with Crippen LogP contribution in [0.15, 0.2) is 53.8 Å². The van der Waals surface area contributed by atoms with E-state index in [2.05, 4.69) is 30.8 Å². The maximum absolute atomic E-state index is 4.59. The Morgan fingerprint density at radius 3 is 2.88 bits per heavy atom. The normalized spacial score (nSPS) is 11.6. The van der Waals surface area contributed by atoms with E-state index in [0.29, 0.717) is 6.54 Å². The summed E-state index contributed by atoms with van der Waals surface area (Å²) in [6.07, 6.45) is 4.60. The number of fused-ring (bicyclic) bond motifs is 1. The van der Waals surface area contributed by atoms with Crippen LogP contribution in [0.1, 0.15) is 18.4 Å². The van der Waals surface area contributed by atoms with Crippen LogP contribution in [0.25, 0.3) is 5.65 Å². The fourth-order valence-corrected chi connectivity index (χ4v) is 2.35. The van der Waals surface area contributed by atoms with Crippen LogP contribution in [0.4, 0.5) is 0 Å². The van der Waals surface area contributed by atoms with Crippen LogP contribution in [-0.4, -0.2) is 38.6 Å². The van der Waals surface area contributed by atoms with Crippen LogP contribution < -0.4 is 10.6 Å². The second kappa shape index (κ2) is 8.05. The molecule has 0 atom stereocenters. The van der Waals surface area contributed by atoms with Crippen LogP contribution in [0, 0.1) is 0 Å². The van der Waals surface area contributed by atoms with Crippen molar-refractivity contribution >= 4 is 11.6 Å². The molecule has 124 valence electrons. The molecule has 0 amide bonds. The third-order valence-electron chi connectivity index (χ3n) is 3.51. The summed E-state index contributed by atoms with van der Waals surface area (Å²) in [5.41, 5.74) is 1.89. The Balaban J connectivity index is 1.61. The predicted octanol–water partition coefficient (Wildman–Crippen LogP) is 1.42. The Morgan fingerprint density at radius 2 is 2.04 bits per heavy atom. The van der Waals surface area contributed by atoms with Crippen molar-refractivity contribution < 1.29 is 0 Å². The lowest BCUT2D eigenvalue weighted by Crippen LogP contribution is -2.38. The molecule has 24 heavy (non-hydrogen) atoms. The maximum atomic E-state index is 4.59. The Bertz CT molecular complexity index is 795. The molecular weight excluding hydrogens is 302 g/mol. The standard InChI is InChI=1S/C17H21N7/c1-2-18-17(20-11-9-14-7-3-5-10-19-14)21-13-16-23-22-15-8-4-6-12-24(15)16/h3-8,10,12H,2,9,11,13H2,1H3,(H2,18,20,21). The highest BCUT2D eigenvalue weighted by Crippen LogP contribution is 2.03. The fraction of sp³-hybridized carbons (Fsp3) is 0.294. The molecule has 0 unspecified atom stereocenters. The van der Waals surface area contributed by atoms with Crippen molar-refractivity contribution in [3.05, 3.63) is 60.3 Å². The number of hydrogen-bond donors (Lipinski definition) is 2. The topological polar surface area (TPSA) is 79.5 Å². The van der Waals surface area contributed by atoms with Crippen LogP contribution in [-0.2, 0) is 13.0 Å². The minimum absolute atomic E-state index is 0.462. The molecule has 3 aromatic rings. The van der Waals surface area contributed by atoms with Crippen molar-refractivity contribution in [3.8, 4) is 0 Å². The Kier molecular flexibility index (Phi) is 5.34. The van der Waals surface area contributed by atoms with E-state index in [1.165, 1.54) is 0 Å².